The number of benzene rings is 1. The Labute approximate surface area is 259 Å². The van der Waals surface area contributed by atoms with Crippen LogP contribution in [0.25, 0.3) is 0 Å². The number of nitrogens with zero attached hydrogens (tertiary/aromatic N) is 3. The monoisotopic (exact) mass is 616 g/mol. The first-order valence-electron chi connectivity index (χ1n) is 14.9. The SMILES string of the molecule is CC(CC(=O)Nc1cccc(Sc2cnc(N3CCC(C)(CNC(=O)OC(C)(C)C)CC3)cn2)c1Cl)C1CCNCC1. The maximum Gasteiger partial charge on any atom is 0.407 e. The van der Waals surface area contributed by atoms with Gasteiger partial charge in [0.1, 0.15) is 16.4 Å². The van der Waals surface area contributed by atoms with Gasteiger partial charge in [-0.05, 0) is 88.9 Å². The molecule has 0 radical (unpaired) electrons. The molecule has 2 aliphatic heterocycles. The molecule has 0 saturated carbocycles. The molecule has 3 heterocycles. The van der Waals surface area contributed by atoms with Gasteiger partial charge in [0.15, 0.2) is 0 Å². The van der Waals surface area contributed by atoms with Crippen LogP contribution in [-0.2, 0) is 9.53 Å². The standard InChI is InChI=1S/C31H45ClN6O3S/c1-21(22-9-13-33-14-10-22)17-26(39)37-23-7-6-8-24(28(23)32)42-27-19-34-25(18-35-27)38-15-11-31(5,12-16-38)20-36-29(40)41-30(2,3)4/h6-8,18-19,21-22,33H,9-17,20H2,1-5H3,(H,36,40)(H,37,39). The topological polar surface area (TPSA) is 108 Å². The molecule has 9 nitrogen and oxygen atoms in total. The zero-order chi connectivity index (χ0) is 30.3. The summed E-state index contributed by atoms with van der Waals surface area (Å²) in [5.74, 6) is 1.73. The zero-order valence-electron chi connectivity index (χ0n) is 25.5. The summed E-state index contributed by atoms with van der Waals surface area (Å²) in [4.78, 5) is 37.2. The second kappa shape index (κ2) is 14.3. The van der Waals surface area contributed by atoms with Gasteiger partial charge in [0, 0.05) is 31.0 Å². The molecule has 0 bridgehead atoms. The zero-order valence-corrected chi connectivity index (χ0v) is 27.0. The van der Waals surface area contributed by atoms with E-state index in [1.807, 2.05) is 39.0 Å². The number of aromatic nitrogens is 2. The van der Waals surface area contributed by atoms with Crippen LogP contribution in [0, 0.1) is 17.3 Å². The molecule has 2 saturated heterocycles. The number of amides is 2. The molecule has 2 amide bonds. The third kappa shape index (κ3) is 9.47. The summed E-state index contributed by atoms with van der Waals surface area (Å²) in [5.41, 5.74) is 0.109. The van der Waals surface area contributed by atoms with E-state index in [0.29, 0.717) is 35.5 Å². The summed E-state index contributed by atoms with van der Waals surface area (Å²) in [6.45, 7) is 14.2. The van der Waals surface area contributed by atoms with Gasteiger partial charge in [-0.25, -0.2) is 14.8 Å². The van der Waals surface area contributed by atoms with E-state index in [4.69, 9.17) is 16.3 Å². The van der Waals surface area contributed by atoms with Crippen LogP contribution < -0.4 is 20.9 Å². The molecule has 1 atom stereocenters. The number of alkyl carbamates (subject to hydrolysis) is 1. The lowest BCUT2D eigenvalue weighted by Crippen LogP contribution is -2.45. The first kappa shape index (κ1) is 32.4. The van der Waals surface area contributed by atoms with Gasteiger partial charge in [-0.3, -0.25) is 4.79 Å². The summed E-state index contributed by atoms with van der Waals surface area (Å²) in [6.07, 6.45) is 7.75. The van der Waals surface area contributed by atoms with Crippen molar-refractivity contribution in [1.82, 2.24) is 20.6 Å². The number of halogens is 1. The van der Waals surface area contributed by atoms with Crippen molar-refractivity contribution >= 4 is 46.9 Å². The Morgan fingerprint density at radius 2 is 1.90 bits per heavy atom. The second-order valence-corrected chi connectivity index (χ2v) is 14.3. The summed E-state index contributed by atoms with van der Waals surface area (Å²) >= 11 is 8.14. The number of carbonyl (C=O) groups excluding carboxylic acids is 2. The Bertz CT molecular complexity index is 1210. The van der Waals surface area contributed by atoms with Crippen molar-refractivity contribution in [3.8, 4) is 0 Å². The van der Waals surface area contributed by atoms with Crippen molar-refractivity contribution in [2.24, 2.45) is 17.3 Å². The van der Waals surface area contributed by atoms with E-state index in [1.165, 1.54) is 11.8 Å². The van der Waals surface area contributed by atoms with Gasteiger partial charge in [-0.2, -0.15) is 0 Å². The number of carbonyl (C=O) groups is 2. The van der Waals surface area contributed by atoms with E-state index < -0.39 is 5.60 Å². The Balaban J connectivity index is 1.27. The molecular weight excluding hydrogens is 572 g/mol. The van der Waals surface area contributed by atoms with Crippen LogP contribution >= 0.6 is 23.4 Å². The summed E-state index contributed by atoms with van der Waals surface area (Å²) in [6, 6.07) is 5.65. The van der Waals surface area contributed by atoms with Gasteiger partial charge in [-0.15, -0.1) is 0 Å². The minimum absolute atomic E-state index is 0.000791. The third-order valence-corrected chi connectivity index (χ3v) is 9.61. The molecule has 0 spiro atoms. The Morgan fingerprint density at radius 1 is 1.19 bits per heavy atom. The summed E-state index contributed by atoms with van der Waals surface area (Å²) < 4.78 is 5.37. The highest BCUT2D eigenvalue weighted by Gasteiger charge is 2.32. The van der Waals surface area contributed by atoms with E-state index >= 15 is 0 Å². The van der Waals surface area contributed by atoms with Gasteiger partial charge in [0.25, 0.3) is 0 Å². The predicted octanol–water partition coefficient (Wildman–Crippen LogP) is 6.38. The highest BCUT2D eigenvalue weighted by molar-refractivity contribution is 7.99. The van der Waals surface area contributed by atoms with Crippen molar-refractivity contribution in [3.05, 3.63) is 35.6 Å². The molecule has 230 valence electrons. The minimum atomic E-state index is -0.507. The molecule has 1 aromatic carbocycles. The third-order valence-electron chi connectivity index (χ3n) is 8.12. The van der Waals surface area contributed by atoms with E-state index in [-0.39, 0.29) is 17.4 Å². The molecule has 1 unspecified atom stereocenters. The van der Waals surface area contributed by atoms with E-state index in [9.17, 15) is 9.59 Å². The van der Waals surface area contributed by atoms with Gasteiger partial charge in [0.05, 0.1) is 23.1 Å². The van der Waals surface area contributed by atoms with Crippen LogP contribution in [0.1, 0.15) is 66.7 Å². The van der Waals surface area contributed by atoms with Gasteiger partial charge < -0.3 is 25.6 Å². The fraction of sp³-hybridized carbons (Fsp3) is 0.613. The Hall–Kier alpha value is -2.56. The lowest BCUT2D eigenvalue weighted by Gasteiger charge is -2.40. The van der Waals surface area contributed by atoms with E-state index in [2.05, 4.69) is 44.7 Å². The number of rotatable bonds is 9. The quantitative estimate of drug-likeness (QED) is 0.298. The number of nitrogens with one attached hydrogen (secondary N) is 3. The van der Waals surface area contributed by atoms with Crippen LogP contribution in [0.15, 0.2) is 40.5 Å². The molecule has 2 aromatic rings. The maximum absolute atomic E-state index is 12.8. The lowest BCUT2D eigenvalue weighted by molar-refractivity contribution is -0.117. The highest BCUT2D eigenvalue weighted by atomic mass is 35.5. The average Bonchev–Trinajstić information content (AvgIpc) is 2.95. The number of ether oxygens (including phenoxy) is 1. The molecular formula is C31H45ClN6O3S. The minimum Gasteiger partial charge on any atom is -0.444 e. The number of piperidine rings is 2. The van der Waals surface area contributed by atoms with Gasteiger partial charge >= 0.3 is 6.09 Å². The van der Waals surface area contributed by atoms with Crippen molar-refractivity contribution in [3.63, 3.8) is 0 Å². The number of hydrogen-bond acceptors (Lipinski definition) is 8. The highest BCUT2D eigenvalue weighted by Crippen LogP contribution is 2.37. The van der Waals surface area contributed by atoms with E-state index in [0.717, 1.165) is 67.6 Å². The number of hydrogen-bond donors (Lipinski definition) is 3. The Kier molecular flexibility index (Phi) is 11.0. The van der Waals surface area contributed by atoms with Gasteiger partial charge in [0.2, 0.25) is 5.91 Å². The van der Waals surface area contributed by atoms with Crippen LogP contribution in [-0.4, -0.2) is 60.3 Å². The van der Waals surface area contributed by atoms with Crippen molar-refractivity contribution < 1.29 is 14.3 Å². The molecule has 42 heavy (non-hydrogen) atoms. The molecule has 4 rings (SSSR count). The molecule has 11 heteroatoms. The predicted molar refractivity (Wildman–Crippen MR) is 169 cm³/mol. The molecule has 1 aromatic heterocycles. The second-order valence-electron chi connectivity index (χ2n) is 12.9. The van der Waals surface area contributed by atoms with Crippen LogP contribution in [0.2, 0.25) is 5.02 Å². The summed E-state index contributed by atoms with van der Waals surface area (Å²) in [7, 11) is 0. The van der Waals surface area contributed by atoms with Crippen LogP contribution in [0.3, 0.4) is 0 Å². The number of anilines is 2. The normalized spacial score (nSPS) is 18.3. The van der Waals surface area contributed by atoms with E-state index in [1.54, 1.807) is 12.4 Å². The maximum atomic E-state index is 12.8. The first-order chi connectivity index (χ1) is 19.9. The fourth-order valence-electron chi connectivity index (χ4n) is 5.45. The summed E-state index contributed by atoms with van der Waals surface area (Å²) in [5, 5.41) is 10.6. The molecule has 2 fully saturated rings. The first-order valence-corrected chi connectivity index (χ1v) is 16.1. The molecule has 0 aliphatic carbocycles. The largest absolute Gasteiger partial charge is 0.444 e. The average molecular weight is 617 g/mol. The van der Waals surface area contributed by atoms with Crippen LogP contribution in [0.4, 0.5) is 16.3 Å². The molecule has 3 N–H and O–H groups in total. The fourth-order valence-corrected chi connectivity index (χ4v) is 6.52. The van der Waals surface area contributed by atoms with Crippen molar-refractivity contribution in [1.29, 1.82) is 0 Å². The lowest BCUT2D eigenvalue weighted by atomic mass is 9.80. The molecule has 2 aliphatic rings. The van der Waals surface area contributed by atoms with Crippen LogP contribution in [0.5, 0.6) is 0 Å². The smallest absolute Gasteiger partial charge is 0.407 e. The van der Waals surface area contributed by atoms with Gasteiger partial charge in [-0.1, -0.05) is 43.3 Å². The van der Waals surface area contributed by atoms with Crippen molar-refractivity contribution in [2.45, 2.75) is 82.2 Å². The Morgan fingerprint density at radius 3 is 2.55 bits per heavy atom. The van der Waals surface area contributed by atoms with Crippen molar-refractivity contribution in [2.75, 3.05) is 42.9 Å².